The average Bonchev–Trinajstić information content (AvgIpc) is 2.43. The van der Waals surface area contributed by atoms with Gasteiger partial charge in [0.25, 0.3) is 5.91 Å². The van der Waals surface area contributed by atoms with E-state index < -0.39 is 11.5 Å². The van der Waals surface area contributed by atoms with Crippen LogP contribution in [0.3, 0.4) is 0 Å². The van der Waals surface area contributed by atoms with Crippen LogP contribution in [0.25, 0.3) is 0 Å². The second-order valence-corrected chi connectivity index (χ2v) is 6.01. The van der Waals surface area contributed by atoms with Crippen molar-refractivity contribution in [3.05, 3.63) is 21.4 Å². The van der Waals surface area contributed by atoms with Crippen molar-refractivity contribution in [2.75, 3.05) is 0 Å². The Labute approximate surface area is 105 Å². The summed E-state index contributed by atoms with van der Waals surface area (Å²) >= 11 is 1.42. The summed E-state index contributed by atoms with van der Waals surface area (Å²) in [6.45, 7) is 7.31. The predicted octanol–water partition coefficient (Wildman–Crippen LogP) is 2.35. The first-order valence-electron chi connectivity index (χ1n) is 5.32. The first-order chi connectivity index (χ1) is 7.71. The van der Waals surface area contributed by atoms with E-state index in [0.717, 1.165) is 10.4 Å². The van der Waals surface area contributed by atoms with Crippen molar-refractivity contribution in [3.8, 4) is 0 Å². The third kappa shape index (κ3) is 3.85. The Bertz CT molecular complexity index is 429. The standard InChI is InChI=1S/C12H17NO3S/c1-7-5-9(17-8(7)2)11(16)13-12(3,4)6-10(14)15/h5H,6H2,1-4H3,(H,13,16)(H,14,15). The van der Waals surface area contributed by atoms with E-state index in [2.05, 4.69) is 5.32 Å². The molecule has 1 amide bonds. The Hall–Kier alpha value is -1.36. The molecule has 1 aromatic heterocycles. The van der Waals surface area contributed by atoms with Gasteiger partial charge in [-0.2, -0.15) is 0 Å². The fraction of sp³-hybridized carbons (Fsp3) is 0.500. The molecule has 0 aliphatic carbocycles. The van der Waals surface area contributed by atoms with E-state index in [1.807, 2.05) is 19.9 Å². The van der Waals surface area contributed by atoms with Gasteiger partial charge in [-0.3, -0.25) is 9.59 Å². The maximum absolute atomic E-state index is 11.9. The van der Waals surface area contributed by atoms with E-state index in [4.69, 9.17) is 5.11 Å². The number of amides is 1. The van der Waals surface area contributed by atoms with Gasteiger partial charge in [-0.05, 0) is 39.3 Å². The molecule has 0 saturated heterocycles. The molecule has 1 heterocycles. The molecule has 1 rings (SSSR count). The van der Waals surface area contributed by atoms with Gasteiger partial charge in [0.15, 0.2) is 0 Å². The van der Waals surface area contributed by atoms with Crippen LogP contribution in [-0.4, -0.2) is 22.5 Å². The molecule has 0 unspecified atom stereocenters. The van der Waals surface area contributed by atoms with E-state index in [9.17, 15) is 9.59 Å². The maximum atomic E-state index is 11.9. The van der Waals surface area contributed by atoms with Crippen LogP contribution >= 0.6 is 11.3 Å². The van der Waals surface area contributed by atoms with Gasteiger partial charge >= 0.3 is 5.97 Å². The van der Waals surface area contributed by atoms with Gasteiger partial charge in [-0.1, -0.05) is 0 Å². The predicted molar refractivity (Wildman–Crippen MR) is 67.6 cm³/mol. The zero-order valence-corrected chi connectivity index (χ0v) is 11.3. The summed E-state index contributed by atoms with van der Waals surface area (Å²) in [4.78, 5) is 24.3. The zero-order valence-electron chi connectivity index (χ0n) is 10.5. The van der Waals surface area contributed by atoms with Gasteiger partial charge in [-0.15, -0.1) is 11.3 Å². The lowest BCUT2D eigenvalue weighted by Crippen LogP contribution is -2.44. The molecule has 0 aliphatic heterocycles. The van der Waals surface area contributed by atoms with E-state index in [-0.39, 0.29) is 12.3 Å². The van der Waals surface area contributed by atoms with Crippen molar-refractivity contribution >= 4 is 23.2 Å². The Kier molecular flexibility index (Phi) is 3.93. The van der Waals surface area contributed by atoms with E-state index in [1.165, 1.54) is 11.3 Å². The summed E-state index contributed by atoms with van der Waals surface area (Å²) < 4.78 is 0. The number of carboxylic acids is 1. The summed E-state index contributed by atoms with van der Waals surface area (Å²) in [7, 11) is 0. The van der Waals surface area contributed by atoms with Crippen molar-refractivity contribution < 1.29 is 14.7 Å². The minimum Gasteiger partial charge on any atom is -0.481 e. The highest BCUT2D eigenvalue weighted by Crippen LogP contribution is 2.21. The van der Waals surface area contributed by atoms with Gasteiger partial charge in [0.2, 0.25) is 0 Å². The zero-order chi connectivity index (χ0) is 13.2. The molecule has 5 heteroatoms. The Morgan fingerprint density at radius 3 is 2.41 bits per heavy atom. The van der Waals surface area contributed by atoms with Gasteiger partial charge in [0, 0.05) is 10.4 Å². The highest BCUT2D eigenvalue weighted by atomic mass is 32.1. The van der Waals surface area contributed by atoms with Crippen LogP contribution in [0.15, 0.2) is 6.07 Å². The molecule has 0 spiro atoms. The molecule has 0 aliphatic rings. The molecule has 4 nitrogen and oxygen atoms in total. The molecule has 17 heavy (non-hydrogen) atoms. The van der Waals surface area contributed by atoms with E-state index in [1.54, 1.807) is 13.8 Å². The molecule has 0 radical (unpaired) electrons. The van der Waals surface area contributed by atoms with Crippen molar-refractivity contribution in [3.63, 3.8) is 0 Å². The molecule has 0 saturated carbocycles. The molecule has 1 aromatic rings. The first-order valence-corrected chi connectivity index (χ1v) is 6.14. The molecule has 0 fully saturated rings. The van der Waals surface area contributed by atoms with Crippen molar-refractivity contribution in [1.82, 2.24) is 5.32 Å². The summed E-state index contributed by atoms with van der Waals surface area (Å²) in [6, 6.07) is 1.83. The molecular weight excluding hydrogens is 238 g/mol. The number of aliphatic carboxylic acids is 1. The molecular formula is C12H17NO3S. The van der Waals surface area contributed by atoms with Gasteiger partial charge in [0.05, 0.1) is 11.3 Å². The second-order valence-electron chi connectivity index (χ2n) is 4.76. The topological polar surface area (TPSA) is 66.4 Å². The number of hydrogen-bond acceptors (Lipinski definition) is 3. The fourth-order valence-electron chi connectivity index (χ4n) is 1.48. The minimum absolute atomic E-state index is 0.0952. The van der Waals surface area contributed by atoms with Crippen LogP contribution in [-0.2, 0) is 4.79 Å². The van der Waals surface area contributed by atoms with Crippen LogP contribution < -0.4 is 5.32 Å². The molecule has 94 valence electrons. The Morgan fingerprint density at radius 2 is 2.00 bits per heavy atom. The lowest BCUT2D eigenvalue weighted by Gasteiger charge is -2.23. The third-order valence-corrected chi connectivity index (χ3v) is 3.59. The number of carboxylic acid groups (broad SMARTS) is 1. The van der Waals surface area contributed by atoms with E-state index >= 15 is 0 Å². The average molecular weight is 255 g/mol. The Morgan fingerprint density at radius 1 is 1.41 bits per heavy atom. The number of aryl methyl sites for hydroxylation is 2. The van der Waals surface area contributed by atoms with Crippen LogP contribution in [0.2, 0.25) is 0 Å². The number of thiophene rings is 1. The van der Waals surface area contributed by atoms with Crippen molar-refractivity contribution in [1.29, 1.82) is 0 Å². The molecule has 2 N–H and O–H groups in total. The highest BCUT2D eigenvalue weighted by molar-refractivity contribution is 7.14. The quantitative estimate of drug-likeness (QED) is 0.868. The van der Waals surface area contributed by atoms with Crippen LogP contribution in [0.5, 0.6) is 0 Å². The van der Waals surface area contributed by atoms with E-state index in [0.29, 0.717) is 4.88 Å². The Balaban J connectivity index is 2.75. The largest absolute Gasteiger partial charge is 0.481 e. The van der Waals surface area contributed by atoms with Crippen molar-refractivity contribution in [2.45, 2.75) is 39.7 Å². The van der Waals surface area contributed by atoms with Gasteiger partial charge in [0.1, 0.15) is 0 Å². The van der Waals surface area contributed by atoms with Crippen LogP contribution in [0.4, 0.5) is 0 Å². The number of carbonyl (C=O) groups excluding carboxylic acids is 1. The highest BCUT2D eigenvalue weighted by Gasteiger charge is 2.25. The molecule has 0 atom stereocenters. The summed E-state index contributed by atoms with van der Waals surface area (Å²) in [6.07, 6.45) is -0.0952. The lowest BCUT2D eigenvalue weighted by atomic mass is 10.0. The fourth-order valence-corrected chi connectivity index (χ4v) is 2.41. The maximum Gasteiger partial charge on any atom is 0.305 e. The minimum atomic E-state index is -0.922. The number of carbonyl (C=O) groups is 2. The smallest absolute Gasteiger partial charge is 0.305 e. The van der Waals surface area contributed by atoms with Crippen molar-refractivity contribution in [2.24, 2.45) is 0 Å². The normalized spacial score (nSPS) is 11.3. The van der Waals surface area contributed by atoms with Crippen LogP contribution in [0.1, 0.15) is 40.4 Å². The third-order valence-electron chi connectivity index (χ3n) is 2.43. The van der Waals surface area contributed by atoms with Crippen LogP contribution in [0, 0.1) is 13.8 Å². The number of rotatable bonds is 4. The SMILES string of the molecule is Cc1cc(C(=O)NC(C)(C)CC(=O)O)sc1C. The summed E-state index contributed by atoms with van der Waals surface area (Å²) in [5.41, 5.74) is 0.338. The van der Waals surface area contributed by atoms with Gasteiger partial charge in [-0.25, -0.2) is 0 Å². The first kappa shape index (κ1) is 13.7. The number of nitrogens with one attached hydrogen (secondary N) is 1. The monoisotopic (exact) mass is 255 g/mol. The summed E-state index contributed by atoms with van der Waals surface area (Å²) in [5.74, 6) is -1.13. The van der Waals surface area contributed by atoms with Gasteiger partial charge < -0.3 is 10.4 Å². The number of hydrogen-bond donors (Lipinski definition) is 2. The second kappa shape index (κ2) is 4.87. The lowest BCUT2D eigenvalue weighted by molar-refractivity contribution is -0.138. The molecule has 0 bridgehead atoms. The summed E-state index contributed by atoms with van der Waals surface area (Å²) in [5, 5.41) is 11.5. The molecule has 0 aromatic carbocycles.